The lowest BCUT2D eigenvalue weighted by molar-refractivity contribution is 0.0525. The Morgan fingerprint density at radius 3 is 2.78 bits per heavy atom. The van der Waals surface area contributed by atoms with Gasteiger partial charge in [-0.05, 0) is 31.2 Å². The number of hydrogen-bond donors (Lipinski definition) is 0. The SMILES string of the molecule is CCOC(=O)c1cnn(-c2cccc3ccccc23)c1C1CC1. The van der Waals surface area contributed by atoms with E-state index in [9.17, 15) is 4.79 Å². The van der Waals surface area contributed by atoms with Crippen molar-refractivity contribution in [3.8, 4) is 5.69 Å². The second kappa shape index (κ2) is 5.54. The van der Waals surface area contributed by atoms with Gasteiger partial charge in [0.25, 0.3) is 0 Å². The summed E-state index contributed by atoms with van der Waals surface area (Å²) in [6, 6.07) is 14.4. The molecule has 0 atom stereocenters. The monoisotopic (exact) mass is 306 g/mol. The van der Waals surface area contributed by atoms with Gasteiger partial charge >= 0.3 is 5.97 Å². The number of fused-ring (bicyclic) bond motifs is 1. The van der Waals surface area contributed by atoms with Crippen LogP contribution in [0.2, 0.25) is 0 Å². The van der Waals surface area contributed by atoms with E-state index in [1.807, 2.05) is 29.8 Å². The van der Waals surface area contributed by atoms with E-state index in [1.54, 1.807) is 6.20 Å². The van der Waals surface area contributed by atoms with Crippen molar-refractivity contribution in [2.75, 3.05) is 6.61 Å². The highest BCUT2D eigenvalue weighted by molar-refractivity contribution is 5.93. The molecule has 0 N–H and O–H groups in total. The standard InChI is InChI=1S/C19H18N2O2/c1-2-23-19(22)16-12-20-21(18(16)14-10-11-14)17-9-5-7-13-6-3-4-8-15(13)17/h3-9,12,14H,2,10-11H2,1H3. The summed E-state index contributed by atoms with van der Waals surface area (Å²) in [7, 11) is 0. The highest BCUT2D eigenvalue weighted by atomic mass is 16.5. The molecule has 0 amide bonds. The zero-order valence-corrected chi connectivity index (χ0v) is 13.0. The first kappa shape index (κ1) is 14.0. The topological polar surface area (TPSA) is 44.1 Å². The fourth-order valence-corrected chi connectivity index (χ4v) is 3.06. The number of carbonyl (C=O) groups is 1. The second-order valence-electron chi connectivity index (χ2n) is 5.85. The van der Waals surface area contributed by atoms with Gasteiger partial charge in [0, 0.05) is 11.3 Å². The van der Waals surface area contributed by atoms with Gasteiger partial charge < -0.3 is 4.74 Å². The van der Waals surface area contributed by atoms with Crippen molar-refractivity contribution in [2.45, 2.75) is 25.7 Å². The van der Waals surface area contributed by atoms with Crippen LogP contribution in [0.3, 0.4) is 0 Å². The summed E-state index contributed by atoms with van der Waals surface area (Å²) in [6.45, 7) is 2.20. The molecule has 4 nitrogen and oxygen atoms in total. The number of nitrogens with zero attached hydrogens (tertiary/aromatic N) is 2. The maximum absolute atomic E-state index is 12.2. The number of hydrogen-bond acceptors (Lipinski definition) is 3. The first-order chi connectivity index (χ1) is 11.3. The number of ether oxygens (including phenoxy) is 1. The molecular formula is C19H18N2O2. The molecule has 0 aliphatic heterocycles. The molecule has 1 aliphatic carbocycles. The van der Waals surface area contributed by atoms with Crippen molar-refractivity contribution < 1.29 is 9.53 Å². The van der Waals surface area contributed by atoms with Gasteiger partial charge in [-0.25, -0.2) is 9.48 Å². The quantitative estimate of drug-likeness (QED) is 0.682. The third-order valence-electron chi connectivity index (χ3n) is 4.26. The molecule has 2 aromatic carbocycles. The Kier molecular flexibility index (Phi) is 3.37. The molecule has 1 aromatic heterocycles. The number of carbonyl (C=O) groups excluding carboxylic acids is 1. The molecule has 1 fully saturated rings. The fourth-order valence-electron chi connectivity index (χ4n) is 3.06. The van der Waals surface area contributed by atoms with E-state index < -0.39 is 0 Å². The highest BCUT2D eigenvalue weighted by Gasteiger charge is 2.33. The molecule has 1 heterocycles. The maximum atomic E-state index is 12.2. The predicted octanol–water partition coefficient (Wildman–Crippen LogP) is 4.08. The molecule has 0 radical (unpaired) electrons. The van der Waals surface area contributed by atoms with Crippen LogP contribution in [-0.4, -0.2) is 22.4 Å². The summed E-state index contributed by atoms with van der Waals surface area (Å²) in [5.41, 5.74) is 2.60. The van der Waals surface area contributed by atoms with Crippen LogP contribution < -0.4 is 0 Å². The molecule has 4 rings (SSSR count). The molecule has 1 saturated carbocycles. The Morgan fingerprint density at radius 1 is 1.22 bits per heavy atom. The van der Waals surface area contributed by atoms with E-state index in [-0.39, 0.29) is 5.97 Å². The van der Waals surface area contributed by atoms with E-state index >= 15 is 0 Å². The lowest BCUT2D eigenvalue weighted by Crippen LogP contribution is -2.09. The Bertz CT molecular complexity index is 873. The Hall–Kier alpha value is -2.62. The van der Waals surface area contributed by atoms with Gasteiger partial charge in [-0.3, -0.25) is 0 Å². The fraction of sp³-hybridized carbons (Fsp3) is 0.263. The molecule has 23 heavy (non-hydrogen) atoms. The summed E-state index contributed by atoms with van der Waals surface area (Å²) in [5, 5.41) is 6.82. The van der Waals surface area contributed by atoms with Gasteiger partial charge in [0.15, 0.2) is 0 Å². The van der Waals surface area contributed by atoms with Crippen LogP contribution in [0.5, 0.6) is 0 Å². The molecule has 0 spiro atoms. The molecular weight excluding hydrogens is 288 g/mol. The van der Waals surface area contributed by atoms with Crippen molar-refractivity contribution in [2.24, 2.45) is 0 Å². The van der Waals surface area contributed by atoms with Crippen LogP contribution in [0.4, 0.5) is 0 Å². The van der Waals surface area contributed by atoms with E-state index in [0.29, 0.717) is 18.1 Å². The van der Waals surface area contributed by atoms with Gasteiger partial charge in [0.05, 0.1) is 24.2 Å². The average molecular weight is 306 g/mol. The summed E-state index contributed by atoms with van der Waals surface area (Å²) in [4.78, 5) is 12.2. The molecule has 0 unspecified atom stereocenters. The van der Waals surface area contributed by atoms with Gasteiger partial charge in [0.1, 0.15) is 5.56 Å². The molecule has 116 valence electrons. The summed E-state index contributed by atoms with van der Waals surface area (Å²) < 4.78 is 7.11. The van der Waals surface area contributed by atoms with Crippen molar-refractivity contribution in [1.82, 2.24) is 9.78 Å². The minimum absolute atomic E-state index is 0.277. The van der Waals surface area contributed by atoms with Gasteiger partial charge in [-0.15, -0.1) is 0 Å². The predicted molar refractivity (Wildman–Crippen MR) is 89.0 cm³/mol. The third kappa shape index (κ3) is 2.40. The Balaban J connectivity index is 1.90. The first-order valence-corrected chi connectivity index (χ1v) is 8.02. The van der Waals surface area contributed by atoms with E-state index in [2.05, 4.69) is 29.4 Å². The zero-order chi connectivity index (χ0) is 15.8. The van der Waals surface area contributed by atoms with Gasteiger partial charge in [-0.2, -0.15) is 5.10 Å². The number of aromatic nitrogens is 2. The Morgan fingerprint density at radius 2 is 2.00 bits per heavy atom. The van der Waals surface area contributed by atoms with Crippen molar-refractivity contribution >= 4 is 16.7 Å². The summed E-state index contributed by atoms with van der Waals surface area (Å²) in [6.07, 6.45) is 3.85. The average Bonchev–Trinajstić information content (AvgIpc) is 3.33. The van der Waals surface area contributed by atoms with Crippen LogP contribution in [0.1, 0.15) is 41.7 Å². The van der Waals surface area contributed by atoms with E-state index in [0.717, 1.165) is 29.6 Å². The zero-order valence-electron chi connectivity index (χ0n) is 13.0. The van der Waals surface area contributed by atoms with Crippen LogP contribution in [0.25, 0.3) is 16.5 Å². The van der Waals surface area contributed by atoms with Crippen LogP contribution >= 0.6 is 0 Å². The minimum atomic E-state index is -0.277. The van der Waals surface area contributed by atoms with Crippen LogP contribution in [0.15, 0.2) is 48.7 Å². The van der Waals surface area contributed by atoms with Crippen molar-refractivity contribution in [3.63, 3.8) is 0 Å². The van der Waals surface area contributed by atoms with Crippen LogP contribution in [-0.2, 0) is 4.74 Å². The second-order valence-corrected chi connectivity index (χ2v) is 5.85. The Labute approximate surface area is 134 Å². The van der Waals surface area contributed by atoms with E-state index in [1.165, 1.54) is 5.39 Å². The van der Waals surface area contributed by atoms with Gasteiger partial charge in [0.2, 0.25) is 0 Å². The lowest BCUT2D eigenvalue weighted by Gasteiger charge is -2.11. The molecule has 0 saturated heterocycles. The van der Waals surface area contributed by atoms with E-state index in [4.69, 9.17) is 4.74 Å². The highest BCUT2D eigenvalue weighted by Crippen LogP contribution is 2.43. The third-order valence-corrected chi connectivity index (χ3v) is 4.26. The molecule has 0 bridgehead atoms. The molecule has 4 heteroatoms. The smallest absolute Gasteiger partial charge is 0.341 e. The normalized spacial score (nSPS) is 14.1. The van der Waals surface area contributed by atoms with Gasteiger partial charge in [-0.1, -0.05) is 36.4 Å². The number of esters is 1. The maximum Gasteiger partial charge on any atom is 0.341 e. The minimum Gasteiger partial charge on any atom is -0.462 e. The van der Waals surface area contributed by atoms with Crippen molar-refractivity contribution in [1.29, 1.82) is 0 Å². The largest absolute Gasteiger partial charge is 0.462 e. The first-order valence-electron chi connectivity index (χ1n) is 8.02. The number of rotatable bonds is 4. The van der Waals surface area contributed by atoms with Crippen LogP contribution in [0, 0.1) is 0 Å². The molecule has 1 aliphatic rings. The van der Waals surface area contributed by atoms with Crippen molar-refractivity contribution in [3.05, 3.63) is 59.9 Å². The number of benzene rings is 2. The summed E-state index contributed by atoms with van der Waals surface area (Å²) >= 11 is 0. The lowest BCUT2D eigenvalue weighted by atomic mass is 10.1. The molecule has 3 aromatic rings. The summed E-state index contributed by atoms with van der Waals surface area (Å²) in [5.74, 6) is 0.122.